The van der Waals surface area contributed by atoms with Crippen LogP contribution < -0.4 is 14.8 Å². The Morgan fingerprint density at radius 3 is 2.45 bits per heavy atom. The fourth-order valence-corrected chi connectivity index (χ4v) is 6.68. The van der Waals surface area contributed by atoms with Gasteiger partial charge in [-0.25, -0.2) is 4.99 Å². The Labute approximate surface area is 248 Å². The summed E-state index contributed by atoms with van der Waals surface area (Å²) in [5.41, 5.74) is 4.58. The number of hydrogen-bond donors (Lipinski definition) is 1. The Kier molecular flexibility index (Phi) is 9.68. The number of para-hydroxylation sites is 1. The number of anilines is 1. The van der Waals surface area contributed by atoms with Gasteiger partial charge in [-0.3, -0.25) is 4.79 Å². The number of rotatable bonds is 9. The standard InChI is InChI=1S/C33H33BrN2O3S/c1-2-38-28-20-24(19-27(34)31(28)39-22-23-13-7-5-8-14-23)21-35-33-30(32(37)36-25-15-9-6-10-16-25)26-17-11-3-4-12-18-29(26)40-33/h5-10,13-16,19-21H,2-4,11-12,17-18,22H2,1H3,(H,36,37). The topological polar surface area (TPSA) is 59.9 Å². The molecule has 206 valence electrons. The number of nitrogens with one attached hydrogen (secondary N) is 1. The lowest BCUT2D eigenvalue weighted by Gasteiger charge is -2.14. The van der Waals surface area contributed by atoms with Crippen molar-refractivity contribution in [1.82, 2.24) is 0 Å². The number of carbonyl (C=O) groups excluding carboxylic acids is 1. The molecule has 0 atom stereocenters. The highest BCUT2D eigenvalue weighted by Gasteiger charge is 2.24. The average molecular weight is 618 g/mol. The van der Waals surface area contributed by atoms with Gasteiger partial charge in [0.2, 0.25) is 0 Å². The first-order valence-corrected chi connectivity index (χ1v) is 15.4. The van der Waals surface area contributed by atoms with Crippen LogP contribution in [-0.2, 0) is 19.4 Å². The molecule has 7 heteroatoms. The van der Waals surface area contributed by atoms with Crippen molar-refractivity contribution < 1.29 is 14.3 Å². The molecule has 1 aromatic heterocycles. The van der Waals surface area contributed by atoms with Crippen LogP contribution >= 0.6 is 27.3 Å². The van der Waals surface area contributed by atoms with E-state index >= 15 is 0 Å². The van der Waals surface area contributed by atoms with Crippen molar-refractivity contribution in [1.29, 1.82) is 0 Å². The first kappa shape index (κ1) is 28.1. The second-order valence-electron chi connectivity index (χ2n) is 9.71. The predicted molar refractivity (Wildman–Crippen MR) is 168 cm³/mol. The molecule has 0 unspecified atom stereocenters. The zero-order valence-electron chi connectivity index (χ0n) is 22.6. The molecule has 0 bridgehead atoms. The minimum absolute atomic E-state index is 0.0998. The molecular formula is C33H33BrN2O3S. The molecule has 1 heterocycles. The van der Waals surface area contributed by atoms with Gasteiger partial charge >= 0.3 is 0 Å². The van der Waals surface area contributed by atoms with Crippen LogP contribution in [0.2, 0.25) is 0 Å². The highest BCUT2D eigenvalue weighted by molar-refractivity contribution is 9.10. The fourth-order valence-electron chi connectivity index (χ4n) is 4.87. The van der Waals surface area contributed by atoms with Gasteiger partial charge in [0.05, 0.1) is 16.6 Å². The summed E-state index contributed by atoms with van der Waals surface area (Å²) in [5, 5.41) is 3.84. The van der Waals surface area contributed by atoms with Gasteiger partial charge in [-0.2, -0.15) is 0 Å². The minimum atomic E-state index is -0.0998. The first-order valence-electron chi connectivity index (χ1n) is 13.8. The van der Waals surface area contributed by atoms with E-state index in [9.17, 15) is 4.79 Å². The number of aliphatic imine (C=N–C) groups is 1. The van der Waals surface area contributed by atoms with Gasteiger partial charge in [0.15, 0.2) is 11.5 Å². The molecular weight excluding hydrogens is 584 g/mol. The molecule has 1 aliphatic carbocycles. The molecule has 1 amide bonds. The van der Waals surface area contributed by atoms with Crippen LogP contribution in [0.25, 0.3) is 0 Å². The van der Waals surface area contributed by atoms with E-state index in [-0.39, 0.29) is 5.91 Å². The largest absolute Gasteiger partial charge is 0.490 e. The van der Waals surface area contributed by atoms with Crippen LogP contribution in [-0.4, -0.2) is 18.7 Å². The number of ether oxygens (including phenoxy) is 2. The van der Waals surface area contributed by atoms with Crippen LogP contribution in [0, 0.1) is 0 Å². The highest BCUT2D eigenvalue weighted by atomic mass is 79.9. The maximum atomic E-state index is 13.6. The highest BCUT2D eigenvalue weighted by Crippen LogP contribution is 2.40. The third-order valence-corrected chi connectivity index (χ3v) is 8.59. The third kappa shape index (κ3) is 7.01. The van der Waals surface area contributed by atoms with Gasteiger partial charge in [0.1, 0.15) is 11.6 Å². The van der Waals surface area contributed by atoms with E-state index < -0.39 is 0 Å². The molecule has 0 radical (unpaired) electrons. The summed E-state index contributed by atoms with van der Waals surface area (Å²) in [6, 6.07) is 23.6. The molecule has 40 heavy (non-hydrogen) atoms. The van der Waals surface area contributed by atoms with Crippen molar-refractivity contribution in [3.8, 4) is 11.5 Å². The third-order valence-electron chi connectivity index (χ3n) is 6.80. The van der Waals surface area contributed by atoms with Crippen molar-refractivity contribution in [3.05, 3.63) is 104 Å². The molecule has 0 spiro atoms. The lowest BCUT2D eigenvalue weighted by atomic mass is 9.96. The molecule has 0 fully saturated rings. The normalized spacial score (nSPS) is 13.3. The molecule has 5 rings (SSSR count). The number of fused-ring (bicyclic) bond motifs is 1. The van der Waals surface area contributed by atoms with Crippen LogP contribution in [0.3, 0.4) is 0 Å². The summed E-state index contributed by atoms with van der Waals surface area (Å²) in [4.78, 5) is 19.8. The van der Waals surface area contributed by atoms with E-state index in [4.69, 9.17) is 14.5 Å². The van der Waals surface area contributed by atoms with E-state index in [1.807, 2.05) is 85.9 Å². The number of halogens is 1. The number of benzene rings is 3. The van der Waals surface area contributed by atoms with E-state index in [2.05, 4.69) is 21.2 Å². The van der Waals surface area contributed by atoms with Gasteiger partial charge in [-0.1, -0.05) is 61.4 Å². The summed E-state index contributed by atoms with van der Waals surface area (Å²) >= 11 is 5.32. The molecule has 5 nitrogen and oxygen atoms in total. The minimum Gasteiger partial charge on any atom is -0.490 e. The number of aryl methyl sites for hydroxylation is 1. The first-order chi connectivity index (χ1) is 19.6. The summed E-state index contributed by atoms with van der Waals surface area (Å²) in [6.07, 6.45) is 8.38. The van der Waals surface area contributed by atoms with Gasteiger partial charge in [-0.15, -0.1) is 11.3 Å². The van der Waals surface area contributed by atoms with Crippen molar-refractivity contribution >= 4 is 50.1 Å². The Hall–Kier alpha value is -3.42. The summed E-state index contributed by atoms with van der Waals surface area (Å²) < 4.78 is 12.9. The van der Waals surface area contributed by atoms with E-state index in [0.29, 0.717) is 30.3 Å². The number of thiophene rings is 1. The molecule has 0 aliphatic heterocycles. The lowest BCUT2D eigenvalue weighted by Crippen LogP contribution is -2.14. The molecule has 1 aliphatic rings. The second kappa shape index (κ2) is 13.8. The van der Waals surface area contributed by atoms with Gasteiger partial charge < -0.3 is 14.8 Å². The van der Waals surface area contributed by atoms with Crippen molar-refractivity contribution in [2.24, 2.45) is 4.99 Å². The smallest absolute Gasteiger partial charge is 0.259 e. The molecule has 1 N–H and O–H groups in total. The van der Waals surface area contributed by atoms with E-state index in [0.717, 1.165) is 57.5 Å². The summed E-state index contributed by atoms with van der Waals surface area (Å²) in [6.45, 7) is 2.90. The predicted octanol–water partition coefficient (Wildman–Crippen LogP) is 9.15. The van der Waals surface area contributed by atoms with Crippen LogP contribution in [0.1, 0.15) is 64.5 Å². The van der Waals surface area contributed by atoms with Gasteiger partial charge in [-0.05, 0) is 89.5 Å². The van der Waals surface area contributed by atoms with Crippen molar-refractivity contribution in [3.63, 3.8) is 0 Å². The lowest BCUT2D eigenvalue weighted by molar-refractivity contribution is 0.102. The van der Waals surface area contributed by atoms with Gasteiger partial charge in [0.25, 0.3) is 5.91 Å². The van der Waals surface area contributed by atoms with Crippen molar-refractivity contribution in [2.45, 2.75) is 52.1 Å². The van der Waals surface area contributed by atoms with Crippen LogP contribution in [0.5, 0.6) is 11.5 Å². The number of nitrogens with zero attached hydrogens (tertiary/aromatic N) is 1. The zero-order valence-corrected chi connectivity index (χ0v) is 25.0. The summed E-state index contributed by atoms with van der Waals surface area (Å²) in [5.74, 6) is 1.21. The van der Waals surface area contributed by atoms with Crippen LogP contribution in [0.4, 0.5) is 10.7 Å². The molecule has 4 aromatic rings. The second-order valence-corrected chi connectivity index (χ2v) is 11.7. The van der Waals surface area contributed by atoms with Crippen LogP contribution in [0.15, 0.2) is 82.3 Å². The Morgan fingerprint density at radius 1 is 0.975 bits per heavy atom. The number of carbonyl (C=O) groups is 1. The average Bonchev–Trinajstić information content (AvgIpc) is 3.29. The van der Waals surface area contributed by atoms with E-state index in [1.54, 1.807) is 11.3 Å². The monoisotopic (exact) mass is 616 g/mol. The Balaban J connectivity index is 1.45. The number of hydrogen-bond acceptors (Lipinski definition) is 5. The Morgan fingerprint density at radius 2 is 1.70 bits per heavy atom. The van der Waals surface area contributed by atoms with E-state index in [1.165, 1.54) is 17.7 Å². The zero-order chi connectivity index (χ0) is 27.7. The number of amides is 1. The Bertz CT molecular complexity index is 1470. The summed E-state index contributed by atoms with van der Waals surface area (Å²) in [7, 11) is 0. The molecule has 0 saturated heterocycles. The maximum Gasteiger partial charge on any atom is 0.259 e. The quantitative estimate of drug-likeness (QED) is 0.191. The van der Waals surface area contributed by atoms with Gasteiger partial charge in [0, 0.05) is 16.8 Å². The molecule has 0 saturated carbocycles. The SMILES string of the molecule is CCOc1cc(C=Nc2sc3c(c2C(=O)Nc2ccccc2)CCCCCC3)cc(Br)c1OCc1ccccc1. The maximum absolute atomic E-state index is 13.6. The van der Waals surface area contributed by atoms with Crippen molar-refractivity contribution in [2.75, 3.05) is 11.9 Å². The molecule has 3 aromatic carbocycles. The fraction of sp³-hybridized carbons (Fsp3) is 0.273.